The Balaban J connectivity index is 2.47. The summed E-state index contributed by atoms with van der Waals surface area (Å²) in [5.41, 5.74) is 4.90. The van der Waals surface area contributed by atoms with Crippen molar-refractivity contribution >= 4 is 22.6 Å². The minimum absolute atomic E-state index is 0.202. The van der Waals surface area contributed by atoms with E-state index in [1.54, 1.807) is 7.11 Å². The summed E-state index contributed by atoms with van der Waals surface area (Å²) >= 11 is 2.35. The highest BCUT2D eigenvalue weighted by atomic mass is 127. The Morgan fingerprint density at radius 3 is 2.20 bits per heavy atom. The number of rotatable bonds is 4. The number of ether oxygens (including phenoxy) is 1. The third-order valence-corrected chi connectivity index (χ3v) is 4.16. The van der Waals surface area contributed by atoms with Gasteiger partial charge in [-0.2, -0.15) is 0 Å². The maximum Gasteiger partial charge on any atom is 0.124 e. The molecule has 0 heterocycles. The molecule has 2 aromatic carbocycles. The number of benzene rings is 2. The van der Waals surface area contributed by atoms with E-state index in [1.165, 1.54) is 25.8 Å². The van der Waals surface area contributed by atoms with Crippen molar-refractivity contribution in [2.75, 3.05) is 14.2 Å². The predicted octanol–water partition coefficient (Wildman–Crippen LogP) is 4.23. The van der Waals surface area contributed by atoms with Crippen LogP contribution in [0.15, 0.2) is 36.4 Å². The van der Waals surface area contributed by atoms with Crippen LogP contribution in [-0.2, 0) is 0 Å². The summed E-state index contributed by atoms with van der Waals surface area (Å²) in [6.45, 7) is 4.19. The summed E-state index contributed by atoms with van der Waals surface area (Å²) in [6, 6.07) is 13.2. The highest BCUT2D eigenvalue weighted by molar-refractivity contribution is 14.1. The van der Waals surface area contributed by atoms with Crippen LogP contribution in [0.5, 0.6) is 5.75 Å². The molecule has 0 aromatic heterocycles. The van der Waals surface area contributed by atoms with E-state index in [9.17, 15) is 0 Å². The Kier molecular flexibility index (Phi) is 5.05. The molecule has 106 valence electrons. The van der Waals surface area contributed by atoms with E-state index >= 15 is 0 Å². The first kappa shape index (κ1) is 15.3. The summed E-state index contributed by atoms with van der Waals surface area (Å²) in [4.78, 5) is 0. The van der Waals surface area contributed by atoms with Gasteiger partial charge in [-0.05, 0) is 77.9 Å². The number of nitrogens with one attached hydrogen (secondary N) is 1. The van der Waals surface area contributed by atoms with Gasteiger partial charge in [0.25, 0.3) is 0 Å². The lowest BCUT2D eigenvalue weighted by Crippen LogP contribution is -2.18. The van der Waals surface area contributed by atoms with E-state index in [-0.39, 0.29) is 6.04 Å². The second kappa shape index (κ2) is 6.59. The van der Waals surface area contributed by atoms with Crippen molar-refractivity contribution in [1.82, 2.24) is 5.32 Å². The zero-order valence-corrected chi connectivity index (χ0v) is 14.5. The second-order valence-electron chi connectivity index (χ2n) is 4.96. The molecule has 20 heavy (non-hydrogen) atoms. The van der Waals surface area contributed by atoms with Gasteiger partial charge < -0.3 is 10.1 Å². The Hall–Kier alpha value is -1.07. The first-order valence-corrected chi connectivity index (χ1v) is 7.72. The number of hydrogen-bond donors (Lipinski definition) is 1. The molecule has 0 bridgehead atoms. The zero-order valence-electron chi connectivity index (χ0n) is 12.3. The van der Waals surface area contributed by atoms with E-state index in [0.717, 1.165) is 5.75 Å². The number of aryl methyl sites for hydroxylation is 2. The van der Waals surface area contributed by atoms with Crippen molar-refractivity contribution in [2.45, 2.75) is 19.9 Å². The van der Waals surface area contributed by atoms with Gasteiger partial charge in [0.2, 0.25) is 0 Å². The Labute approximate surface area is 134 Å². The third-order valence-electron chi connectivity index (χ3n) is 3.49. The van der Waals surface area contributed by atoms with Gasteiger partial charge in [-0.15, -0.1) is 0 Å². The molecule has 0 aliphatic rings. The first-order valence-electron chi connectivity index (χ1n) is 6.64. The topological polar surface area (TPSA) is 21.3 Å². The van der Waals surface area contributed by atoms with Gasteiger partial charge in [0, 0.05) is 3.57 Å². The molecular formula is C17H20INO. The normalized spacial score (nSPS) is 12.2. The van der Waals surface area contributed by atoms with E-state index in [0.29, 0.717) is 0 Å². The Bertz CT molecular complexity index is 587. The lowest BCUT2D eigenvalue weighted by Gasteiger charge is -2.20. The van der Waals surface area contributed by atoms with Crippen LogP contribution in [0.25, 0.3) is 0 Å². The van der Waals surface area contributed by atoms with Crippen LogP contribution in [0, 0.1) is 17.4 Å². The van der Waals surface area contributed by atoms with E-state index < -0.39 is 0 Å². The van der Waals surface area contributed by atoms with Crippen molar-refractivity contribution in [3.8, 4) is 5.75 Å². The summed E-state index contributed by atoms with van der Waals surface area (Å²) in [7, 11) is 3.73. The maximum absolute atomic E-state index is 5.45. The van der Waals surface area contributed by atoms with E-state index in [4.69, 9.17) is 4.74 Å². The van der Waals surface area contributed by atoms with Gasteiger partial charge in [0.1, 0.15) is 5.75 Å². The molecule has 1 atom stereocenters. The fourth-order valence-corrected chi connectivity index (χ4v) is 3.25. The van der Waals surface area contributed by atoms with Gasteiger partial charge in [0.15, 0.2) is 0 Å². The highest BCUT2D eigenvalue weighted by Gasteiger charge is 2.15. The largest absolute Gasteiger partial charge is 0.496 e. The van der Waals surface area contributed by atoms with Crippen LogP contribution < -0.4 is 10.1 Å². The monoisotopic (exact) mass is 381 g/mol. The van der Waals surface area contributed by atoms with E-state index in [2.05, 4.69) is 78.2 Å². The number of methoxy groups -OCH3 is 1. The quantitative estimate of drug-likeness (QED) is 0.801. The number of hydrogen-bond acceptors (Lipinski definition) is 2. The van der Waals surface area contributed by atoms with Crippen LogP contribution in [0.3, 0.4) is 0 Å². The highest BCUT2D eigenvalue weighted by Crippen LogP contribution is 2.30. The molecule has 0 aliphatic carbocycles. The lowest BCUT2D eigenvalue weighted by molar-refractivity contribution is 0.408. The zero-order chi connectivity index (χ0) is 14.7. The van der Waals surface area contributed by atoms with Crippen LogP contribution in [0.2, 0.25) is 0 Å². The molecule has 0 spiro atoms. The van der Waals surface area contributed by atoms with Crippen molar-refractivity contribution in [1.29, 1.82) is 0 Å². The molecule has 0 saturated heterocycles. The molecule has 2 nitrogen and oxygen atoms in total. The second-order valence-corrected chi connectivity index (χ2v) is 6.21. The molecule has 1 unspecified atom stereocenters. The average molecular weight is 381 g/mol. The lowest BCUT2D eigenvalue weighted by atomic mass is 9.95. The minimum atomic E-state index is 0.202. The Morgan fingerprint density at radius 2 is 1.70 bits per heavy atom. The number of halogens is 1. The van der Waals surface area contributed by atoms with Crippen LogP contribution in [-0.4, -0.2) is 14.2 Å². The standard InChI is InChI=1S/C17H20INO/c1-11-8-14(9-12(2)17(11)20-4)16(19-3)13-6-5-7-15(18)10-13/h5-10,16,19H,1-4H3. The van der Waals surface area contributed by atoms with Gasteiger partial charge in [-0.3, -0.25) is 0 Å². The Morgan fingerprint density at radius 1 is 1.05 bits per heavy atom. The summed E-state index contributed by atoms with van der Waals surface area (Å²) < 4.78 is 6.70. The van der Waals surface area contributed by atoms with E-state index in [1.807, 2.05) is 7.05 Å². The smallest absolute Gasteiger partial charge is 0.124 e. The molecule has 2 rings (SSSR count). The fraction of sp³-hybridized carbons (Fsp3) is 0.294. The average Bonchev–Trinajstić information content (AvgIpc) is 2.39. The molecule has 1 N–H and O–H groups in total. The van der Waals surface area contributed by atoms with Crippen LogP contribution >= 0.6 is 22.6 Å². The van der Waals surface area contributed by atoms with Crippen LogP contribution in [0.1, 0.15) is 28.3 Å². The molecule has 0 aliphatic heterocycles. The fourth-order valence-electron chi connectivity index (χ4n) is 2.68. The summed E-state index contributed by atoms with van der Waals surface area (Å²) in [6.07, 6.45) is 0. The molecule has 2 aromatic rings. The molecule has 0 saturated carbocycles. The summed E-state index contributed by atoms with van der Waals surface area (Å²) in [5, 5.41) is 3.41. The first-order chi connectivity index (χ1) is 9.56. The van der Waals surface area contributed by atoms with Crippen molar-refractivity contribution in [2.24, 2.45) is 0 Å². The van der Waals surface area contributed by atoms with Crippen molar-refractivity contribution in [3.05, 3.63) is 62.2 Å². The van der Waals surface area contributed by atoms with Crippen molar-refractivity contribution in [3.63, 3.8) is 0 Å². The molecule has 0 amide bonds. The maximum atomic E-state index is 5.45. The molecule has 0 radical (unpaired) electrons. The molecular weight excluding hydrogens is 361 g/mol. The SMILES string of the molecule is CNC(c1cccc(I)c1)c1cc(C)c(OC)c(C)c1. The summed E-state index contributed by atoms with van der Waals surface area (Å²) in [5.74, 6) is 0.978. The predicted molar refractivity (Wildman–Crippen MR) is 92.5 cm³/mol. The van der Waals surface area contributed by atoms with Gasteiger partial charge >= 0.3 is 0 Å². The minimum Gasteiger partial charge on any atom is -0.496 e. The van der Waals surface area contributed by atoms with Gasteiger partial charge in [-0.1, -0.05) is 24.3 Å². The van der Waals surface area contributed by atoms with Gasteiger partial charge in [-0.25, -0.2) is 0 Å². The van der Waals surface area contributed by atoms with Crippen LogP contribution in [0.4, 0.5) is 0 Å². The van der Waals surface area contributed by atoms with Crippen molar-refractivity contribution < 1.29 is 4.74 Å². The van der Waals surface area contributed by atoms with Gasteiger partial charge in [0.05, 0.1) is 13.2 Å². The third kappa shape index (κ3) is 3.15. The molecule has 3 heteroatoms. The molecule has 0 fully saturated rings.